The van der Waals surface area contributed by atoms with E-state index in [2.05, 4.69) is 9.88 Å². The fourth-order valence-electron chi connectivity index (χ4n) is 5.32. The van der Waals surface area contributed by atoms with Crippen molar-refractivity contribution in [1.29, 1.82) is 0 Å². The molecule has 2 aromatic carbocycles. The average molecular weight is 450 g/mol. The second-order valence-corrected chi connectivity index (χ2v) is 8.92. The number of aromatic amines is 1. The fraction of sp³-hybridized carbons (Fsp3) is 0.417. The van der Waals surface area contributed by atoms with Gasteiger partial charge in [-0.25, -0.2) is 4.79 Å². The lowest BCUT2D eigenvalue weighted by molar-refractivity contribution is -0.384. The highest BCUT2D eigenvalue weighted by molar-refractivity contribution is 5.94. The van der Waals surface area contributed by atoms with Gasteiger partial charge in [-0.05, 0) is 43.9 Å². The van der Waals surface area contributed by atoms with Crippen LogP contribution in [0.25, 0.3) is 11.0 Å². The Balaban J connectivity index is 1.18. The van der Waals surface area contributed by atoms with Crippen molar-refractivity contribution >= 4 is 22.6 Å². The van der Waals surface area contributed by atoms with Gasteiger partial charge in [0.2, 0.25) is 0 Å². The molecule has 2 aliphatic rings. The van der Waals surface area contributed by atoms with Crippen LogP contribution in [0.2, 0.25) is 0 Å². The van der Waals surface area contributed by atoms with Gasteiger partial charge in [-0.15, -0.1) is 0 Å². The zero-order valence-corrected chi connectivity index (χ0v) is 18.4. The molecule has 1 aromatic heterocycles. The molecular weight excluding hydrogens is 422 g/mol. The van der Waals surface area contributed by atoms with Crippen LogP contribution in [0.1, 0.15) is 42.1 Å². The maximum absolute atomic E-state index is 12.8. The summed E-state index contributed by atoms with van der Waals surface area (Å²) >= 11 is 0. The van der Waals surface area contributed by atoms with E-state index in [1.54, 1.807) is 17.0 Å². The molecule has 5 rings (SSSR count). The van der Waals surface area contributed by atoms with Crippen molar-refractivity contribution in [3.05, 3.63) is 74.7 Å². The van der Waals surface area contributed by atoms with E-state index in [0.717, 1.165) is 49.8 Å². The predicted octanol–water partition coefficient (Wildman–Crippen LogP) is 3.18. The number of hydrogen-bond acceptors (Lipinski definition) is 5. The molecule has 1 amide bonds. The van der Waals surface area contributed by atoms with Crippen molar-refractivity contribution in [1.82, 2.24) is 19.4 Å². The number of rotatable bonds is 4. The number of nitrogens with zero attached hydrogens (tertiary/aromatic N) is 4. The van der Waals surface area contributed by atoms with E-state index in [9.17, 15) is 19.7 Å². The summed E-state index contributed by atoms with van der Waals surface area (Å²) in [7, 11) is 0. The monoisotopic (exact) mass is 449 g/mol. The van der Waals surface area contributed by atoms with Crippen LogP contribution in [0.3, 0.4) is 0 Å². The van der Waals surface area contributed by atoms with Crippen LogP contribution in [0.15, 0.2) is 53.3 Å². The third-order valence-corrected chi connectivity index (χ3v) is 7.06. The van der Waals surface area contributed by atoms with E-state index in [1.807, 2.05) is 28.8 Å². The van der Waals surface area contributed by atoms with Crippen LogP contribution in [-0.4, -0.2) is 62.4 Å². The number of carbonyl (C=O) groups excluding carboxylic acids is 1. The molecule has 9 heteroatoms. The Hall–Kier alpha value is -3.46. The van der Waals surface area contributed by atoms with Gasteiger partial charge in [-0.2, -0.15) is 0 Å². The molecule has 0 aliphatic carbocycles. The van der Waals surface area contributed by atoms with Gasteiger partial charge in [-0.1, -0.05) is 18.2 Å². The van der Waals surface area contributed by atoms with E-state index < -0.39 is 4.92 Å². The second-order valence-electron chi connectivity index (χ2n) is 8.92. The number of piperidine rings is 2. The minimum Gasteiger partial charge on any atom is -0.339 e. The van der Waals surface area contributed by atoms with E-state index >= 15 is 0 Å². The lowest BCUT2D eigenvalue weighted by atomic mass is 9.97. The van der Waals surface area contributed by atoms with E-state index in [-0.39, 0.29) is 23.3 Å². The van der Waals surface area contributed by atoms with Crippen LogP contribution >= 0.6 is 0 Å². The Morgan fingerprint density at radius 2 is 1.64 bits per heavy atom. The lowest BCUT2D eigenvalue weighted by Gasteiger charge is -2.42. The quantitative estimate of drug-likeness (QED) is 0.487. The van der Waals surface area contributed by atoms with Crippen LogP contribution in [0.5, 0.6) is 0 Å². The average Bonchev–Trinajstić information content (AvgIpc) is 3.19. The molecule has 0 spiro atoms. The van der Waals surface area contributed by atoms with Crippen LogP contribution in [-0.2, 0) is 0 Å². The van der Waals surface area contributed by atoms with Gasteiger partial charge in [0.15, 0.2) is 0 Å². The molecule has 0 radical (unpaired) electrons. The third kappa shape index (κ3) is 4.16. The molecule has 3 heterocycles. The molecule has 0 atom stereocenters. The molecule has 9 nitrogen and oxygen atoms in total. The number of nitro groups is 1. The van der Waals surface area contributed by atoms with E-state index in [1.165, 1.54) is 12.1 Å². The van der Waals surface area contributed by atoms with Gasteiger partial charge < -0.3 is 14.8 Å². The fourth-order valence-corrected chi connectivity index (χ4v) is 5.32. The molecule has 1 N–H and O–H groups in total. The summed E-state index contributed by atoms with van der Waals surface area (Å²) in [5.41, 5.74) is 2.11. The molecule has 33 heavy (non-hydrogen) atoms. The normalized spacial score (nSPS) is 18.6. The number of fused-ring (bicyclic) bond motifs is 1. The summed E-state index contributed by atoms with van der Waals surface area (Å²) in [6, 6.07) is 14.4. The zero-order chi connectivity index (χ0) is 22.9. The first-order valence-electron chi connectivity index (χ1n) is 11.5. The number of benzene rings is 2. The first-order valence-corrected chi connectivity index (χ1v) is 11.5. The smallest absolute Gasteiger partial charge is 0.326 e. The predicted molar refractivity (Wildman–Crippen MR) is 124 cm³/mol. The maximum atomic E-state index is 12.8. The number of imidazole rings is 1. The van der Waals surface area contributed by atoms with Crippen molar-refractivity contribution in [3.8, 4) is 0 Å². The third-order valence-electron chi connectivity index (χ3n) is 7.06. The number of non-ortho nitro benzene ring substituents is 1. The summed E-state index contributed by atoms with van der Waals surface area (Å²) in [5, 5.41) is 11.0. The number of nitrogens with one attached hydrogen (secondary N) is 1. The highest BCUT2D eigenvalue weighted by atomic mass is 16.6. The number of carbonyl (C=O) groups is 1. The molecule has 2 aliphatic heterocycles. The van der Waals surface area contributed by atoms with Gasteiger partial charge in [0.25, 0.3) is 11.6 Å². The van der Waals surface area contributed by atoms with Gasteiger partial charge >= 0.3 is 5.69 Å². The van der Waals surface area contributed by atoms with Crippen molar-refractivity contribution < 1.29 is 9.72 Å². The molecule has 0 unspecified atom stereocenters. The minimum atomic E-state index is -0.475. The number of amides is 1. The first kappa shape index (κ1) is 21.4. The maximum Gasteiger partial charge on any atom is 0.326 e. The topological polar surface area (TPSA) is 104 Å². The molecular formula is C24H27N5O4. The van der Waals surface area contributed by atoms with Crippen LogP contribution < -0.4 is 5.69 Å². The number of hydrogen-bond donors (Lipinski definition) is 1. The summed E-state index contributed by atoms with van der Waals surface area (Å²) in [6.07, 6.45) is 3.62. The van der Waals surface area contributed by atoms with Crippen molar-refractivity contribution in [2.75, 3.05) is 26.2 Å². The molecule has 2 saturated heterocycles. The minimum absolute atomic E-state index is 0.0392. The Kier molecular flexibility index (Phi) is 5.72. The van der Waals surface area contributed by atoms with Crippen molar-refractivity contribution in [2.24, 2.45) is 0 Å². The zero-order valence-electron chi connectivity index (χ0n) is 18.4. The Labute approximate surface area is 190 Å². The highest BCUT2D eigenvalue weighted by Gasteiger charge is 2.31. The standard InChI is InChI=1S/C24H27N5O4/c30-23(17-4-3-5-20(16-17)29(32)33)27-14-8-18(9-15-27)26-12-10-19(11-13-26)28-22-7-2-1-6-21(22)25-24(28)31/h1-7,16,18-19H,8-15H2,(H,25,31). The summed E-state index contributed by atoms with van der Waals surface area (Å²) in [6.45, 7) is 3.16. The van der Waals surface area contributed by atoms with Crippen molar-refractivity contribution in [2.45, 2.75) is 37.8 Å². The number of para-hydroxylation sites is 2. The molecule has 0 saturated carbocycles. The summed E-state index contributed by atoms with van der Waals surface area (Å²) < 4.78 is 1.91. The molecule has 2 fully saturated rings. The summed E-state index contributed by atoms with van der Waals surface area (Å²) in [5.74, 6) is -0.144. The number of likely N-dealkylation sites (tertiary alicyclic amines) is 2. The largest absolute Gasteiger partial charge is 0.339 e. The van der Waals surface area contributed by atoms with Gasteiger partial charge in [0, 0.05) is 56.0 Å². The number of H-pyrrole nitrogens is 1. The number of aromatic nitrogens is 2. The molecule has 3 aromatic rings. The van der Waals surface area contributed by atoms with Crippen molar-refractivity contribution in [3.63, 3.8) is 0 Å². The molecule has 0 bridgehead atoms. The van der Waals surface area contributed by atoms with E-state index in [0.29, 0.717) is 24.7 Å². The number of nitro benzene ring substituents is 1. The second kappa shape index (κ2) is 8.82. The van der Waals surface area contributed by atoms with Gasteiger partial charge in [0.1, 0.15) is 0 Å². The van der Waals surface area contributed by atoms with E-state index in [4.69, 9.17) is 0 Å². The van der Waals surface area contributed by atoms with Crippen LogP contribution in [0, 0.1) is 10.1 Å². The Morgan fingerprint density at radius 3 is 2.36 bits per heavy atom. The highest BCUT2D eigenvalue weighted by Crippen LogP contribution is 2.28. The Bertz CT molecular complexity index is 1230. The Morgan fingerprint density at radius 1 is 0.939 bits per heavy atom. The first-order chi connectivity index (χ1) is 16.0. The van der Waals surface area contributed by atoms with Gasteiger partial charge in [-0.3, -0.25) is 19.5 Å². The molecule has 172 valence electrons. The summed E-state index contributed by atoms with van der Waals surface area (Å²) in [4.78, 5) is 43.1. The SMILES string of the molecule is O=C(c1cccc([N+](=O)[O-])c1)N1CCC(N2CCC(n3c(=O)[nH]c4ccccc43)CC2)CC1. The van der Waals surface area contributed by atoms with Crippen LogP contribution in [0.4, 0.5) is 5.69 Å². The lowest BCUT2D eigenvalue weighted by Crippen LogP contribution is -2.49. The van der Waals surface area contributed by atoms with Gasteiger partial charge in [0.05, 0.1) is 16.0 Å².